The lowest BCUT2D eigenvalue weighted by molar-refractivity contribution is 0.0693. The number of likely N-dealkylation sites (tertiary alicyclic amines) is 1. The van der Waals surface area contributed by atoms with E-state index in [0.717, 1.165) is 23.7 Å². The zero-order valence-electron chi connectivity index (χ0n) is 16.3. The van der Waals surface area contributed by atoms with Crippen molar-refractivity contribution in [3.63, 3.8) is 0 Å². The molecular weight excluding hydrogens is 350 g/mol. The van der Waals surface area contributed by atoms with E-state index in [4.69, 9.17) is 0 Å². The Hall–Kier alpha value is -3.08. The van der Waals surface area contributed by atoms with E-state index in [1.165, 1.54) is 11.1 Å². The molecule has 2 heterocycles. The van der Waals surface area contributed by atoms with Crippen LogP contribution in [-0.2, 0) is 0 Å². The van der Waals surface area contributed by atoms with Gasteiger partial charge in [-0.2, -0.15) is 0 Å². The smallest absolute Gasteiger partial charge is 0.270 e. The van der Waals surface area contributed by atoms with E-state index < -0.39 is 0 Å². The van der Waals surface area contributed by atoms with E-state index in [-0.39, 0.29) is 17.9 Å². The minimum absolute atomic E-state index is 0.0288. The summed E-state index contributed by atoms with van der Waals surface area (Å²) >= 11 is 0. The van der Waals surface area contributed by atoms with Crippen LogP contribution in [0.1, 0.15) is 44.8 Å². The quantitative estimate of drug-likeness (QED) is 0.731. The number of rotatable bonds is 3. The number of aryl methyl sites for hydroxylation is 2. The minimum atomic E-state index is -0.0492. The van der Waals surface area contributed by atoms with E-state index in [9.17, 15) is 9.59 Å². The third-order valence-corrected chi connectivity index (χ3v) is 5.47. The monoisotopic (exact) mass is 375 g/mol. The molecule has 2 aromatic carbocycles. The topological polar surface area (TPSA) is 65.2 Å². The fraction of sp³-hybridized carbons (Fsp3) is 0.304. The molecule has 0 bridgehead atoms. The molecule has 4 rings (SSSR count). The van der Waals surface area contributed by atoms with Crippen LogP contribution in [0.2, 0.25) is 0 Å². The van der Waals surface area contributed by atoms with Gasteiger partial charge in [-0.25, -0.2) is 0 Å². The molecule has 5 heteroatoms. The average Bonchev–Trinajstić information content (AvgIpc) is 3.13. The molecule has 28 heavy (non-hydrogen) atoms. The maximum Gasteiger partial charge on any atom is 0.270 e. The van der Waals surface area contributed by atoms with Gasteiger partial charge in [0, 0.05) is 35.6 Å². The summed E-state index contributed by atoms with van der Waals surface area (Å²) in [5, 5.41) is 4.18. The standard InChI is InChI=1S/C23H25N3O2/c1-15-12-16(2)19-14-21(25-20(19)13-15)23(28)26-10-8-18(9-11-26)24-22(27)17-6-4-3-5-7-17/h3-7,12-14,18,25H,8-11H2,1-2H3,(H,24,27). The molecule has 1 aromatic heterocycles. The van der Waals surface area contributed by atoms with Gasteiger partial charge >= 0.3 is 0 Å². The van der Waals surface area contributed by atoms with E-state index in [1.807, 2.05) is 41.3 Å². The summed E-state index contributed by atoms with van der Waals surface area (Å²) in [6.07, 6.45) is 1.53. The minimum Gasteiger partial charge on any atom is -0.351 e. The van der Waals surface area contributed by atoms with Gasteiger partial charge in [-0.1, -0.05) is 24.3 Å². The number of benzene rings is 2. The second kappa shape index (κ2) is 7.50. The lowest BCUT2D eigenvalue weighted by Gasteiger charge is -2.32. The number of piperidine rings is 1. The van der Waals surface area contributed by atoms with Crippen LogP contribution in [-0.4, -0.2) is 40.8 Å². The summed E-state index contributed by atoms with van der Waals surface area (Å²) in [6.45, 7) is 5.42. The molecule has 0 spiro atoms. The van der Waals surface area contributed by atoms with Gasteiger partial charge in [0.25, 0.3) is 11.8 Å². The van der Waals surface area contributed by atoms with Gasteiger partial charge in [-0.3, -0.25) is 9.59 Å². The van der Waals surface area contributed by atoms with Crippen molar-refractivity contribution in [2.45, 2.75) is 32.7 Å². The number of fused-ring (bicyclic) bond motifs is 1. The molecule has 1 saturated heterocycles. The fourth-order valence-electron chi connectivity index (χ4n) is 3.97. The highest BCUT2D eigenvalue weighted by Crippen LogP contribution is 2.23. The molecular formula is C23H25N3O2. The average molecular weight is 375 g/mol. The first-order valence-corrected chi connectivity index (χ1v) is 9.76. The molecule has 1 fully saturated rings. The Bertz CT molecular complexity index is 1020. The van der Waals surface area contributed by atoms with Gasteiger partial charge in [0.2, 0.25) is 0 Å². The SMILES string of the molecule is Cc1cc(C)c2cc(C(=O)N3CCC(NC(=O)c4ccccc4)CC3)[nH]c2c1. The molecule has 0 aliphatic carbocycles. The van der Waals surface area contributed by atoms with Gasteiger partial charge in [0.1, 0.15) is 5.69 Å². The first-order valence-electron chi connectivity index (χ1n) is 9.76. The number of H-pyrrole nitrogens is 1. The Morgan fingerprint density at radius 2 is 1.75 bits per heavy atom. The first-order chi connectivity index (χ1) is 13.5. The van der Waals surface area contributed by atoms with Crippen molar-refractivity contribution in [2.75, 3.05) is 13.1 Å². The van der Waals surface area contributed by atoms with Gasteiger partial charge < -0.3 is 15.2 Å². The third kappa shape index (κ3) is 3.65. The van der Waals surface area contributed by atoms with Crippen molar-refractivity contribution >= 4 is 22.7 Å². The van der Waals surface area contributed by atoms with Crippen LogP contribution in [0.15, 0.2) is 48.5 Å². The van der Waals surface area contributed by atoms with Crippen molar-refractivity contribution in [1.82, 2.24) is 15.2 Å². The Morgan fingerprint density at radius 3 is 2.46 bits per heavy atom. The Balaban J connectivity index is 1.39. The molecule has 1 aliphatic heterocycles. The van der Waals surface area contributed by atoms with E-state index in [2.05, 4.69) is 36.3 Å². The molecule has 2 amide bonds. The maximum atomic E-state index is 12.9. The molecule has 0 unspecified atom stereocenters. The van der Waals surface area contributed by atoms with Crippen LogP contribution in [0, 0.1) is 13.8 Å². The first kappa shape index (κ1) is 18.3. The summed E-state index contributed by atoms with van der Waals surface area (Å²) < 4.78 is 0. The normalized spacial score (nSPS) is 15.0. The van der Waals surface area contributed by atoms with Crippen LogP contribution < -0.4 is 5.32 Å². The number of aromatic amines is 1. The summed E-state index contributed by atoms with van der Waals surface area (Å²) in [7, 11) is 0. The Kier molecular flexibility index (Phi) is 4.90. The number of carbonyl (C=O) groups is 2. The highest BCUT2D eigenvalue weighted by Gasteiger charge is 2.25. The zero-order chi connectivity index (χ0) is 19.7. The molecule has 0 saturated carbocycles. The second-order valence-corrected chi connectivity index (χ2v) is 7.63. The largest absolute Gasteiger partial charge is 0.351 e. The molecule has 5 nitrogen and oxygen atoms in total. The number of nitrogens with one attached hydrogen (secondary N) is 2. The fourth-order valence-corrected chi connectivity index (χ4v) is 3.97. The van der Waals surface area contributed by atoms with Crippen LogP contribution in [0.25, 0.3) is 10.9 Å². The number of amides is 2. The van der Waals surface area contributed by atoms with Crippen LogP contribution in [0.3, 0.4) is 0 Å². The highest BCUT2D eigenvalue weighted by molar-refractivity contribution is 5.99. The van der Waals surface area contributed by atoms with Crippen LogP contribution in [0.5, 0.6) is 0 Å². The van der Waals surface area contributed by atoms with Crippen molar-refractivity contribution in [1.29, 1.82) is 0 Å². The molecule has 3 aromatic rings. The summed E-state index contributed by atoms with van der Waals surface area (Å²) in [5.41, 5.74) is 4.67. The highest BCUT2D eigenvalue weighted by atomic mass is 16.2. The molecule has 2 N–H and O–H groups in total. The Labute approximate surface area is 164 Å². The van der Waals surface area contributed by atoms with Crippen LogP contribution >= 0.6 is 0 Å². The van der Waals surface area contributed by atoms with Crippen LogP contribution in [0.4, 0.5) is 0 Å². The molecule has 1 aliphatic rings. The lowest BCUT2D eigenvalue weighted by Crippen LogP contribution is -2.46. The van der Waals surface area contributed by atoms with Crippen molar-refractivity contribution < 1.29 is 9.59 Å². The van der Waals surface area contributed by atoms with Gasteiger partial charge in [-0.05, 0) is 62.1 Å². The number of aromatic nitrogens is 1. The summed E-state index contributed by atoms with van der Waals surface area (Å²) in [6, 6.07) is 15.5. The predicted molar refractivity (Wildman–Crippen MR) is 111 cm³/mol. The third-order valence-electron chi connectivity index (χ3n) is 5.47. The van der Waals surface area contributed by atoms with Crippen molar-refractivity contribution in [3.05, 3.63) is 70.9 Å². The number of hydrogen-bond acceptors (Lipinski definition) is 2. The Morgan fingerprint density at radius 1 is 1.04 bits per heavy atom. The number of hydrogen-bond donors (Lipinski definition) is 2. The predicted octanol–water partition coefficient (Wildman–Crippen LogP) is 3.82. The molecule has 144 valence electrons. The van der Waals surface area contributed by atoms with Gasteiger partial charge in [-0.15, -0.1) is 0 Å². The molecule has 0 atom stereocenters. The number of nitrogens with zero attached hydrogens (tertiary/aromatic N) is 1. The second-order valence-electron chi connectivity index (χ2n) is 7.63. The summed E-state index contributed by atoms with van der Waals surface area (Å²) in [4.78, 5) is 30.4. The maximum absolute atomic E-state index is 12.9. The van der Waals surface area contributed by atoms with Gasteiger partial charge in [0.05, 0.1) is 0 Å². The lowest BCUT2D eigenvalue weighted by atomic mass is 10.0. The van der Waals surface area contributed by atoms with Gasteiger partial charge in [0.15, 0.2) is 0 Å². The van der Waals surface area contributed by atoms with E-state index in [0.29, 0.717) is 24.3 Å². The van der Waals surface area contributed by atoms with Crippen molar-refractivity contribution in [3.8, 4) is 0 Å². The zero-order valence-corrected chi connectivity index (χ0v) is 16.3. The van der Waals surface area contributed by atoms with E-state index >= 15 is 0 Å². The molecule has 0 radical (unpaired) electrons. The number of carbonyl (C=O) groups excluding carboxylic acids is 2. The van der Waals surface area contributed by atoms with E-state index in [1.54, 1.807) is 0 Å². The summed E-state index contributed by atoms with van der Waals surface area (Å²) in [5.74, 6) is -0.0204. The van der Waals surface area contributed by atoms with Crippen molar-refractivity contribution in [2.24, 2.45) is 0 Å².